The fourth-order valence-electron chi connectivity index (χ4n) is 4.48. The van der Waals surface area contributed by atoms with Gasteiger partial charge >= 0.3 is 11.9 Å². The molecule has 0 aliphatic heterocycles. The molecule has 2 rings (SSSR count). The average Bonchev–Trinajstić information content (AvgIpc) is 2.66. The summed E-state index contributed by atoms with van der Waals surface area (Å²) in [6.45, 7) is 8.25. The summed E-state index contributed by atoms with van der Waals surface area (Å²) in [4.78, 5) is 23.1. The molecule has 5 heteroatoms. The Morgan fingerprint density at radius 2 is 2.07 bits per heavy atom. The molecule has 0 amide bonds. The number of esters is 1. The van der Waals surface area contributed by atoms with E-state index < -0.39 is 12.1 Å². The fraction of sp³-hybridized carbons (Fsp3) is 0.667. The van der Waals surface area contributed by atoms with Crippen LogP contribution in [0, 0.1) is 29.6 Å². The number of hydrogen-bond acceptors (Lipinski definition) is 4. The van der Waals surface area contributed by atoms with Crippen molar-refractivity contribution in [3.05, 3.63) is 36.0 Å². The van der Waals surface area contributed by atoms with Gasteiger partial charge in [0, 0.05) is 12.0 Å². The summed E-state index contributed by atoms with van der Waals surface area (Å²) in [5.41, 5.74) is 1.24. The van der Waals surface area contributed by atoms with Crippen LogP contribution in [0.15, 0.2) is 36.0 Å². The van der Waals surface area contributed by atoms with Crippen LogP contribution >= 0.6 is 0 Å². The molecule has 0 bridgehead atoms. The number of hydrogen-bond donors (Lipinski definition) is 2. The third-order valence-electron chi connectivity index (χ3n) is 6.38. The van der Waals surface area contributed by atoms with Crippen molar-refractivity contribution in [2.24, 2.45) is 29.6 Å². The predicted octanol–water partition coefficient (Wildman–Crippen LogP) is 4.52. The molecule has 0 fully saturated rings. The van der Waals surface area contributed by atoms with Gasteiger partial charge in [0.25, 0.3) is 0 Å². The van der Waals surface area contributed by atoms with Crippen molar-refractivity contribution in [1.82, 2.24) is 0 Å². The molecular weight excluding hydrogens is 368 g/mol. The number of aliphatic carboxylic acids is 1. The number of fused-ring (bicyclic) bond motifs is 1. The van der Waals surface area contributed by atoms with Gasteiger partial charge in [0.15, 0.2) is 0 Å². The highest BCUT2D eigenvalue weighted by molar-refractivity contribution is 5.79. The molecule has 29 heavy (non-hydrogen) atoms. The Labute approximate surface area is 174 Å². The van der Waals surface area contributed by atoms with Gasteiger partial charge in [0.05, 0.1) is 12.0 Å². The molecule has 2 N–H and O–H groups in total. The lowest BCUT2D eigenvalue weighted by molar-refractivity contribution is -0.158. The summed E-state index contributed by atoms with van der Waals surface area (Å²) in [7, 11) is 0. The highest BCUT2D eigenvalue weighted by atomic mass is 16.5. The topological polar surface area (TPSA) is 83.8 Å². The SMILES string of the molecule is CC[C@H](C)C(=O)O[C@H]1C[C@@H](C)C=C2C=C[C@H](C)[C@H](CC[C@H](O)C/C=C/C(=O)O)[C@H]21. The van der Waals surface area contributed by atoms with Crippen molar-refractivity contribution in [3.8, 4) is 0 Å². The lowest BCUT2D eigenvalue weighted by Crippen LogP contribution is -2.41. The molecule has 7 atom stereocenters. The van der Waals surface area contributed by atoms with Gasteiger partial charge in [-0.05, 0) is 55.4 Å². The van der Waals surface area contributed by atoms with Crippen molar-refractivity contribution in [1.29, 1.82) is 0 Å². The summed E-state index contributed by atoms with van der Waals surface area (Å²) in [6, 6.07) is 0. The second-order valence-corrected chi connectivity index (χ2v) is 8.78. The zero-order chi connectivity index (χ0) is 21.6. The van der Waals surface area contributed by atoms with Crippen LogP contribution in [0.25, 0.3) is 0 Å². The molecule has 0 saturated carbocycles. The van der Waals surface area contributed by atoms with E-state index in [-0.39, 0.29) is 29.8 Å². The highest BCUT2D eigenvalue weighted by Gasteiger charge is 2.41. The van der Waals surface area contributed by atoms with Crippen LogP contribution in [-0.4, -0.2) is 34.4 Å². The van der Waals surface area contributed by atoms with E-state index in [2.05, 4.69) is 32.1 Å². The van der Waals surface area contributed by atoms with Crippen LogP contribution in [0.5, 0.6) is 0 Å². The Kier molecular flexibility index (Phi) is 8.69. The Morgan fingerprint density at radius 1 is 1.34 bits per heavy atom. The monoisotopic (exact) mass is 404 g/mol. The number of aliphatic hydroxyl groups is 1. The number of allylic oxidation sites excluding steroid dienone is 3. The summed E-state index contributed by atoms with van der Waals surface area (Å²) in [6.07, 6.45) is 11.9. The van der Waals surface area contributed by atoms with E-state index in [0.717, 1.165) is 25.3 Å². The average molecular weight is 405 g/mol. The van der Waals surface area contributed by atoms with E-state index in [0.29, 0.717) is 24.7 Å². The third kappa shape index (κ3) is 6.56. The van der Waals surface area contributed by atoms with Crippen molar-refractivity contribution in [2.45, 2.75) is 72.0 Å². The van der Waals surface area contributed by atoms with Gasteiger partial charge in [0.1, 0.15) is 6.10 Å². The molecule has 0 heterocycles. The van der Waals surface area contributed by atoms with Gasteiger partial charge < -0.3 is 14.9 Å². The van der Waals surface area contributed by atoms with Crippen LogP contribution in [0.3, 0.4) is 0 Å². The van der Waals surface area contributed by atoms with Crippen LogP contribution in [-0.2, 0) is 14.3 Å². The zero-order valence-corrected chi connectivity index (χ0v) is 18.1. The number of carbonyl (C=O) groups is 2. The molecule has 0 aromatic carbocycles. The first-order chi connectivity index (χ1) is 13.7. The smallest absolute Gasteiger partial charge is 0.327 e. The molecule has 0 radical (unpaired) electrons. The molecule has 0 unspecified atom stereocenters. The maximum Gasteiger partial charge on any atom is 0.327 e. The Balaban J connectivity index is 2.11. The summed E-state index contributed by atoms with van der Waals surface area (Å²) < 4.78 is 6.01. The van der Waals surface area contributed by atoms with E-state index in [1.807, 2.05) is 13.8 Å². The number of ether oxygens (including phenoxy) is 1. The van der Waals surface area contributed by atoms with E-state index in [9.17, 15) is 14.7 Å². The molecule has 162 valence electrons. The van der Waals surface area contributed by atoms with Gasteiger partial charge in [-0.15, -0.1) is 0 Å². The first kappa shape index (κ1) is 23.4. The Morgan fingerprint density at radius 3 is 2.72 bits per heavy atom. The van der Waals surface area contributed by atoms with Crippen molar-refractivity contribution in [2.75, 3.05) is 0 Å². The van der Waals surface area contributed by atoms with Gasteiger partial charge in [-0.25, -0.2) is 4.79 Å². The normalized spacial score (nSPS) is 31.1. The van der Waals surface area contributed by atoms with Gasteiger partial charge in [-0.1, -0.05) is 52.0 Å². The molecule has 5 nitrogen and oxygen atoms in total. The minimum atomic E-state index is -1.000. The van der Waals surface area contributed by atoms with Crippen LogP contribution in [0.4, 0.5) is 0 Å². The maximum atomic E-state index is 12.5. The number of aliphatic hydroxyl groups excluding tert-OH is 1. The third-order valence-corrected chi connectivity index (χ3v) is 6.38. The van der Waals surface area contributed by atoms with Crippen molar-refractivity contribution < 1.29 is 24.5 Å². The number of carboxylic acid groups (broad SMARTS) is 1. The lowest BCUT2D eigenvalue weighted by Gasteiger charge is -2.43. The molecule has 0 spiro atoms. The largest absolute Gasteiger partial charge is 0.478 e. The lowest BCUT2D eigenvalue weighted by atomic mass is 9.65. The summed E-state index contributed by atoms with van der Waals surface area (Å²) >= 11 is 0. The van der Waals surface area contributed by atoms with Crippen LogP contribution in [0.1, 0.15) is 59.8 Å². The summed E-state index contributed by atoms with van der Waals surface area (Å²) in [5, 5.41) is 19.0. The second-order valence-electron chi connectivity index (χ2n) is 8.78. The van der Waals surface area contributed by atoms with Gasteiger partial charge in [0.2, 0.25) is 0 Å². The zero-order valence-electron chi connectivity index (χ0n) is 18.1. The van der Waals surface area contributed by atoms with E-state index >= 15 is 0 Å². The number of carbonyl (C=O) groups excluding carboxylic acids is 1. The fourth-order valence-corrected chi connectivity index (χ4v) is 4.48. The van der Waals surface area contributed by atoms with Crippen LogP contribution < -0.4 is 0 Å². The molecule has 0 aromatic heterocycles. The van der Waals surface area contributed by atoms with E-state index in [1.165, 1.54) is 11.6 Å². The molecular formula is C24H36O5. The van der Waals surface area contributed by atoms with Crippen molar-refractivity contribution >= 4 is 11.9 Å². The number of rotatable bonds is 9. The highest BCUT2D eigenvalue weighted by Crippen LogP contribution is 2.45. The van der Waals surface area contributed by atoms with Crippen molar-refractivity contribution in [3.63, 3.8) is 0 Å². The van der Waals surface area contributed by atoms with Gasteiger partial charge in [-0.2, -0.15) is 0 Å². The quantitative estimate of drug-likeness (QED) is 0.436. The molecule has 2 aliphatic rings. The standard InChI is InChI=1S/C24H36O5/c1-5-16(3)24(28)29-21-14-15(2)13-18-10-9-17(4)20(23(18)21)12-11-19(25)7-6-8-22(26)27/h6,8-10,13,15-17,19-21,23,25H,5,7,11-12,14H2,1-4H3,(H,26,27)/b8-6+/t15-,16-,17-,19+,20-,21-,23-/m0/s1. The van der Waals surface area contributed by atoms with E-state index in [4.69, 9.17) is 9.84 Å². The first-order valence-electron chi connectivity index (χ1n) is 10.9. The van der Waals surface area contributed by atoms with E-state index in [1.54, 1.807) is 0 Å². The maximum absolute atomic E-state index is 12.5. The number of carboxylic acids is 1. The Hall–Kier alpha value is -1.88. The minimum Gasteiger partial charge on any atom is -0.478 e. The minimum absolute atomic E-state index is 0.0995. The predicted molar refractivity (Wildman–Crippen MR) is 113 cm³/mol. The summed E-state index contributed by atoms with van der Waals surface area (Å²) in [5.74, 6) is -0.0883. The molecule has 2 aliphatic carbocycles. The van der Waals surface area contributed by atoms with Crippen LogP contribution in [0.2, 0.25) is 0 Å². The second kappa shape index (κ2) is 10.8. The first-order valence-corrected chi connectivity index (χ1v) is 10.9. The molecule has 0 aromatic rings. The molecule has 0 saturated heterocycles. The Bertz CT molecular complexity index is 662. The van der Waals surface area contributed by atoms with Gasteiger partial charge in [-0.3, -0.25) is 4.79 Å².